The van der Waals surface area contributed by atoms with E-state index in [1.54, 1.807) is 6.20 Å². The third-order valence-electron chi connectivity index (χ3n) is 2.33. The van der Waals surface area contributed by atoms with Crippen molar-refractivity contribution >= 4 is 22.6 Å². The van der Waals surface area contributed by atoms with Gasteiger partial charge in [0.2, 0.25) is 0 Å². The topological polar surface area (TPSA) is 62.2 Å². The molecule has 0 radical (unpaired) electrons. The van der Waals surface area contributed by atoms with Gasteiger partial charge in [-0.2, -0.15) is 0 Å². The van der Waals surface area contributed by atoms with Crippen LogP contribution in [0.3, 0.4) is 0 Å². The molecular weight excluding hydrogens is 204 g/mol. The standard InChI is InChI=1S/C12H12N2O2/c1-8-2-3-10-9(6-8)4-5-13-12(10)14-7-11(15)16/h2-6H,7H2,1H3,(H,13,14)(H,15,16). The first-order valence-corrected chi connectivity index (χ1v) is 4.98. The molecule has 1 aromatic carbocycles. The van der Waals surface area contributed by atoms with E-state index in [4.69, 9.17) is 5.11 Å². The Morgan fingerprint density at radius 2 is 2.25 bits per heavy atom. The fourth-order valence-electron chi connectivity index (χ4n) is 1.60. The van der Waals surface area contributed by atoms with Crippen molar-refractivity contribution in [3.63, 3.8) is 0 Å². The summed E-state index contributed by atoms with van der Waals surface area (Å²) in [5.74, 6) is -0.286. The maximum atomic E-state index is 10.5. The quantitative estimate of drug-likeness (QED) is 0.824. The first-order valence-electron chi connectivity index (χ1n) is 4.98. The van der Waals surface area contributed by atoms with Gasteiger partial charge in [0.15, 0.2) is 0 Å². The maximum absolute atomic E-state index is 10.5. The van der Waals surface area contributed by atoms with Crippen LogP contribution in [0, 0.1) is 6.92 Å². The van der Waals surface area contributed by atoms with Gasteiger partial charge >= 0.3 is 5.97 Å². The molecule has 4 heteroatoms. The second-order valence-electron chi connectivity index (χ2n) is 3.63. The number of benzene rings is 1. The van der Waals surface area contributed by atoms with Crippen LogP contribution in [0.4, 0.5) is 5.82 Å². The molecule has 1 aromatic heterocycles. The molecule has 0 aliphatic heterocycles. The molecule has 0 aliphatic rings. The van der Waals surface area contributed by atoms with Gasteiger partial charge in [0.1, 0.15) is 12.4 Å². The first kappa shape index (κ1) is 10.4. The summed E-state index contributed by atoms with van der Waals surface area (Å²) in [5, 5.41) is 13.4. The zero-order chi connectivity index (χ0) is 11.5. The number of aromatic nitrogens is 1. The van der Waals surface area contributed by atoms with Crippen LogP contribution in [0.5, 0.6) is 0 Å². The largest absolute Gasteiger partial charge is 0.480 e. The highest BCUT2D eigenvalue weighted by molar-refractivity contribution is 5.92. The number of fused-ring (bicyclic) bond motifs is 1. The Labute approximate surface area is 92.9 Å². The highest BCUT2D eigenvalue weighted by Gasteiger charge is 2.03. The number of carboxylic acids is 1. The minimum absolute atomic E-state index is 0.125. The zero-order valence-corrected chi connectivity index (χ0v) is 8.90. The Hall–Kier alpha value is -2.10. The molecule has 1 heterocycles. The first-order chi connectivity index (χ1) is 7.66. The summed E-state index contributed by atoms with van der Waals surface area (Å²) in [4.78, 5) is 14.6. The van der Waals surface area contributed by atoms with E-state index in [0.717, 1.165) is 10.8 Å². The Bertz CT molecular complexity index is 538. The summed E-state index contributed by atoms with van der Waals surface area (Å²) in [6.45, 7) is 1.89. The van der Waals surface area contributed by atoms with E-state index in [2.05, 4.69) is 10.3 Å². The Morgan fingerprint density at radius 3 is 3.00 bits per heavy atom. The molecule has 0 saturated heterocycles. The van der Waals surface area contributed by atoms with Crippen LogP contribution in [0.15, 0.2) is 30.5 Å². The number of carbonyl (C=O) groups is 1. The number of aryl methyl sites for hydroxylation is 1. The smallest absolute Gasteiger partial charge is 0.322 e. The lowest BCUT2D eigenvalue weighted by Gasteiger charge is -2.06. The van der Waals surface area contributed by atoms with Crippen molar-refractivity contribution in [1.29, 1.82) is 0 Å². The number of hydrogen-bond acceptors (Lipinski definition) is 3. The van der Waals surface area contributed by atoms with Crippen LogP contribution < -0.4 is 5.32 Å². The average molecular weight is 216 g/mol. The van der Waals surface area contributed by atoms with Crippen LogP contribution >= 0.6 is 0 Å². The van der Waals surface area contributed by atoms with Gasteiger partial charge in [-0.05, 0) is 18.4 Å². The molecule has 2 aromatic rings. The van der Waals surface area contributed by atoms with Gasteiger partial charge in [-0.25, -0.2) is 4.98 Å². The van der Waals surface area contributed by atoms with Gasteiger partial charge in [-0.1, -0.05) is 23.8 Å². The minimum atomic E-state index is -0.897. The van der Waals surface area contributed by atoms with Gasteiger partial charge in [0.05, 0.1) is 0 Å². The molecule has 0 aliphatic carbocycles. The molecule has 0 atom stereocenters. The van der Waals surface area contributed by atoms with E-state index in [9.17, 15) is 4.79 Å². The van der Waals surface area contributed by atoms with Crippen molar-refractivity contribution < 1.29 is 9.90 Å². The number of aliphatic carboxylic acids is 1. The molecule has 2 rings (SSSR count). The fraction of sp³-hybridized carbons (Fsp3) is 0.167. The Morgan fingerprint density at radius 1 is 1.44 bits per heavy atom. The van der Waals surface area contributed by atoms with Crippen LogP contribution in [-0.4, -0.2) is 22.6 Å². The molecule has 16 heavy (non-hydrogen) atoms. The Balaban J connectivity index is 2.41. The van der Waals surface area contributed by atoms with E-state index in [-0.39, 0.29) is 6.54 Å². The molecule has 82 valence electrons. The highest BCUT2D eigenvalue weighted by Crippen LogP contribution is 2.21. The third kappa shape index (κ3) is 2.11. The molecule has 0 amide bonds. The molecule has 0 spiro atoms. The van der Waals surface area contributed by atoms with Crippen LogP contribution in [0.1, 0.15) is 5.56 Å². The lowest BCUT2D eigenvalue weighted by molar-refractivity contribution is -0.134. The molecule has 2 N–H and O–H groups in total. The van der Waals surface area contributed by atoms with Crippen molar-refractivity contribution in [1.82, 2.24) is 4.98 Å². The summed E-state index contributed by atoms with van der Waals surface area (Å²) in [5.41, 5.74) is 1.17. The number of nitrogens with zero attached hydrogens (tertiary/aromatic N) is 1. The van der Waals surface area contributed by atoms with E-state index >= 15 is 0 Å². The number of pyridine rings is 1. The van der Waals surface area contributed by atoms with E-state index in [1.807, 2.05) is 31.2 Å². The number of carboxylic acid groups (broad SMARTS) is 1. The molecular formula is C12H12N2O2. The predicted octanol–water partition coefficient (Wildman–Crippen LogP) is 2.04. The number of anilines is 1. The van der Waals surface area contributed by atoms with E-state index in [0.29, 0.717) is 5.82 Å². The zero-order valence-electron chi connectivity index (χ0n) is 8.90. The number of rotatable bonds is 3. The number of hydrogen-bond donors (Lipinski definition) is 2. The summed E-state index contributed by atoms with van der Waals surface area (Å²) >= 11 is 0. The predicted molar refractivity (Wildman–Crippen MR) is 62.6 cm³/mol. The van der Waals surface area contributed by atoms with E-state index < -0.39 is 5.97 Å². The van der Waals surface area contributed by atoms with Crippen molar-refractivity contribution in [3.05, 3.63) is 36.0 Å². The lowest BCUT2D eigenvalue weighted by Crippen LogP contribution is -2.13. The normalized spacial score (nSPS) is 10.3. The third-order valence-corrected chi connectivity index (χ3v) is 2.33. The maximum Gasteiger partial charge on any atom is 0.322 e. The molecule has 0 unspecified atom stereocenters. The van der Waals surface area contributed by atoms with Crippen molar-refractivity contribution in [3.8, 4) is 0 Å². The van der Waals surface area contributed by atoms with Gasteiger partial charge in [0.25, 0.3) is 0 Å². The monoisotopic (exact) mass is 216 g/mol. The SMILES string of the molecule is Cc1ccc2c(NCC(=O)O)nccc2c1. The van der Waals surface area contributed by atoms with Gasteiger partial charge in [-0.15, -0.1) is 0 Å². The van der Waals surface area contributed by atoms with E-state index in [1.165, 1.54) is 5.56 Å². The molecule has 0 bridgehead atoms. The van der Waals surface area contributed by atoms with Gasteiger partial charge in [-0.3, -0.25) is 4.79 Å². The average Bonchev–Trinajstić information content (AvgIpc) is 2.25. The van der Waals surface area contributed by atoms with Crippen molar-refractivity contribution in [2.45, 2.75) is 6.92 Å². The fourth-order valence-corrected chi connectivity index (χ4v) is 1.60. The van der Waals surface area contributed by atoms with Crippen LogP contribution in [0.2, 0.25) is 0 Å². The van der Waals surface area contributed by atoms with Crippen LogP contribution in [0.25, 0.3) is 10.8 Å². The number of nitrogens with one attached hydrogen (secondary N) is 1. The molecule has 0 fully saturated rings. The van der Waals surface area contributed by atoms with Gasteiger partial charge < -0.3 is 10.4 Å². The second kappa shape index (κ2) is 4.18. The van der Waals surface area contributed by atoms with Crippen molar-refractivity contribution in [2.24, 2.45) is 0 Å². The molecule has 0 saturated carbocycles. The highest BCUT2D eigenvalue weighted by atomic mass is 16.4. The molecule has 4 nitrogen and oxygen atoms in total. The lowest BCUT2D eigenvalue weighted by atomic mass is 10.1. The summed E-state index contributed by atoms with van der Waals surface area (Å²) in [6, 6.07) is 7.88. The summed E-state index contributed by atoms with van der Waals surface area (Å²) in [7, 11) is 0. The summed E-state index contributed by atoms with van der Waals surface area (Å²) in [6.07, 6.45) is 1.67. The van der Waals surface area contributed by atoms with Crippen molar-refractivity contribution in [2.75, 3.05) is 11.9 Å². The van der Waals surface area contributed by atoms with Gasteiger partial charge in [0, 0.05) is 11.6 Å². The second-order valence-corrected chi connectivity index (χ2v) is 3.63. The Kier molecular flexibility index (Phi) is 2.72. The minimum Gasteiger partial charge on any atom is -0.480 e. The van der Waals surface area contributed by atoms with Crippen LogP contribution in [-0.2, 0) is 4.79 Å². The summed E-state index contributed by atoms with van der Waals surface area (Å²) < 4.78 is 0.